The quantitative estimate of drug-likeness (QED) is 0.300. The Morgan fingerprint density at radius 3 is 2.17 bits per heavy atom. The number of hydrogen-bond donors (Lipinski definition) is 1. The number of carbonyl (C=O) groups excluding carboxylic acids is 1. The summed E-state index contributed by atoms with van der Waals surface area (Å²) < 4.78 is 22.1. The molecule has 36 heavy (non-hydrogen) atoms. The Morgan fingerprint density at radius 1 is 0.972 bits per heavy atom. The largest absolute Gasteiger partial charge is 0.463 e. The maximum absolute atomic E-state index is 14.9. The number of aromatic nitrogens is 3. The second kappa shape index (κ2) is 9.96. The van der Waals surface area contributed by atoms with Crippen LogP contribution in [0.1, 0.15) is 24.1 Å². The fraction of sp³-hybridized carbons (Fsp3) is 0.179. The number of carbonyl (C=O) groups is 1. The first-order valence-electron chi connectivity index (χ1n) is 11.8. The van der Waals surface area contributed by atoms with E-state index in [1.807, 2.05) is 91.9 Å². The number of allylic oxidation sites excluding steroid dienone is 1. The molecule has 1 atom stereocenters. The Hall–Kier alpha value is -3.96. The summed E-state index contributed by atoms with van der Waals surface area (Å²) >= 11 is 0. The van der Waals surface area contributed by atoms with Crippen LogP contribution in [-0.2, 0) is 14.1 Å². The molecule has 0 unspecified atom stereocenters. The third-order valence-electron chi connectivity index (χ3n) is 6.29. The van der Waals surface area contributed by atoms with Gasteiger partial charge in [-0.2, -0.15) is 10.1 Å². The van der Waals surface area contributed by atoms with Gasteiger partial charge in [0.2, 0.25) is 5.95 Å². The lowest BCUT2D eigenvalue weighted by Crippen LogP contribution is -2.33. The van der Waals surface area contributed by atoms with Crippen LogP contribution in [0.5, 0.6) is 0 Å². The van der Waals surface area contributed by atoms with Crippen LogP contribution in [-0.4, -0.2) is 33.5 Å². The number of nitrogens with one attached hydrogen (secondary N) is 1. The number of hydrogen-bond acceptors (Lipinski definition) is 6. The molecule has 0 bridgehead atoms. The molecular formula is C28H27N4O3P. The molecule has 1 aliphatic rings. The van der Waals surface area contributed by atoms with Gasteiger partial charge in [0.15, 0.2) is 0 Å². The summed E-state index contributed by atoms with van der Waals surface area (Å²) in [5.41, 5.74) is 2.87. The summed E-state index contributed by atoms with van der Waals surface area (Å²) in [5.74, 6) is 0.00990. The summed E-state index contributed by atoms with van der Waals surface area (Å²) in [7, 11) is -3.19. The minimum Gasteiger partial charge on any atom is -0.463 e. The number of anilines is 1. The smallest absolute Gasteiger partial charge is 0.338 e. The minimum absolute atomic E-state index is 0.102. The molecule has 8 heteroatoms. The van der Waals surface area contributed by atoms with Crippen molar-refractivity contribution in [3.05, 3.63) is 114 Å². The second-order valence-electron chi connectivity index (χ2n) is 8.65. The molecular weight excluding hydrogens is 471 g/mol. The second-order valence-corrected chi connectivity index (χ2v) is 11.5. The highest BCUT2D eigenvalue weighted by Crippen LogP contribution is 2.48. The van der Waals surface area contributed by atoms with Gasteiger partial charge in [-0.3, -0.25) is 0 Å². The van der Waals surface area contributed by atoms with Crippen molar-refractivity contribution in [2.24, 2.45) is 0 Å². The van der Waals surface area contributed by atoms with Gasteiger partial charge in [-0.15, -0.1) is 0 Å². The van der Waals surface area contributed by atoms with Crippen LogP contribution in [0.4, 0.5) is 5.95 Å². The van der Waals surface area contributed by atoms with Crippen LogP contribution < -0.4 is 15.9 Å². The van der Waals surface area contributed by atoms with Gasteiger partial charge in [-0.25, -0.2) is 9.48 Å². The predicted molar refractivity (Wildman–Crippen MR) is 141 cm³/mol. The van der Waals surface area contributed by atoms with Gasteiger partial charge in [0, 0.05) is 22.5 Å². The number of fused-ring (bicyclic) bond motifs is 1. The van der Waals surface area contributed by atoms with E-state index in [0.717, 1.165) is 11.1 Å². The van der Waals surface area contributed by atoms with Crippen LogP contribution in [0.3, 0.4) is 0 Å². The molecule has 182 valence electrons. The zero-order valence-corrected chi connectivity index (χ0v) is 21.1. The molecule has 0 amide bonds. The Morgan fingerprint density at radius 2 is 1.58 bits per heavy atom. The number of ether oxygens (including phenoxy) is 1. The van der Waals surface area contributed by atoms with Crippen LogP contribution in [0.15, 0.2) is 103 Å². The van der Waals surface area contributed by atoms with Crippen molar-refractivity contribution in [1.82, 2.24) is 14.8 Å². The zero-order chi connectivity index (χ0) is 25.1. The molecule has 5 rings (SSSR count). The first-order chi connectivity index (χ1) is 17.5. The van der Waals surface area contributed by atoms with Gasteiger partial charge >= 0.3 is 5.97 Å². The molecule has 4 aromatic rings. The number of benzene rings is 3. The Labute approximate surface area is 210 Å². The van der Waals surface area contributed by atoms with Crippen molar-refractivity contribution in [2.45, 2.75) is 19.9 Å². The summed E-state index contributed by atoms with van der Waals surface area (Å²) in [6.07, 6.45) is 1.55. The van der Waals surface area contributed by atoms with Gasteiger partial charge in [-0.05, 0) is 19.4 Å². The molecule has 0 fully saturated rings. The van der Waals surface area contributed by atoms with E-state index in [2.05, 4.69) is 15.4 Å². The maximum atomic E-state index is 14.9. The lowest BCUT2D eigenvalue weighted by molar-refractivity contribution is -0.139. The third kappa shape index (κ3) is 4.38. The number of esters is 1. The van der Waals surface area contributed by atoms with Crippen LogP contribution in [0.2, 0.25) is 0 Å². The number of aryl methyl sites for hydroxylation is 1. The van der Waals surface area contributed by atoms with Gasteiger partial charge in [0.1, 0.15) is 19.5 Å². The normalized spacial score (nSPS) is 15.2. The van der Waals surface area contributed by atoms with Gasteiger partial charge in [0.25, 0.3) is 0 Å². The minimum atomic E-state index is -3.19. The average molecular weight is 499 g/mol. The van der Waals surface area contributed by atoms with E-state index in [0.29, 0.717) is 27.8 Å². The van der Waals surface area contributed by atoms with E-state index >= 15 is 0 Å². The van der Waals surface area contributed by atoms with E-state index in [4.69, 9.17) is 4.74 Å². The van der Waals surface area contributed by atoms with Crippen molar-refractivity contribution < 1.29 is 14.1 Å². The van der Waals surface area contributed by atoms with Crippen LogP contribution in [0, 0.1) is 6.92 Å². The molecule has 2 heterocycles. The van der Waals surface area contributed by atoms with Crippen molar-refractivity contribution in [3.63, 3.8) is 0 Å². The van der Waals surface area contributed by atoms with Gasteiger partial charge in [0.05, 0.1) is 12.2 Å². The first kappa shape index (κ1) is 23.8. The van der Waals surface area contributed by atoms with Crippen molar-refractivity contribution in [1.29, 1.82) is 0 Å². The lowest BCUT2D eigenvalue weighted by atomic mass is 9.95. The molecule has 1 aromatic heterocycles. The van der Waals surface area contributed by atoms with E-state index in [9.17, 15) is 9.36 Å². The van der Waals surface area contributed by atoms with E-state index in [-0.39, 0.29) is 12.8 Å². The monoisotopic (exact) mass is 498 g/mol. The predicted octanol–water partition coefficient (Wildman–Crippen LogP) is 4.43. The highest BCUT2D eigenvalue weighted by molar-refractivity contribution is 7.78. The van der Waals surface area contributed by atoms with Crippen molar-refractivity contribution in [3.8, 4) is 0 Å². The molecule has 0 saturated carbocycles. The highest BCUT2D eigenvalue weighted by atomic mass is 31.2. The Kier molecular flexibility index (Phi) is 6.57. The van der Waals surface area contributed by atoms with Crippen LogP contribution in [0.25, 0.3) is 0 Å². The number of rotatable bonds is 7. The molecule has 1 N–H and O–H groups in total. The summed E-state index contributed by atoms with van der Waals surface area (Å²) in [5, 5.41) is 9.11. The van der Waals surface area contributed by atoms with Gasteiger partial charge in [-0.1, -0.05) is 90.5 Å². The van der Waals surface area contributed by atoms with E-state index < -0.39 is 19.2 Å². The Balaban J connectivity index is 1.72. The lowest BCUT2D eigenvalue weighted by Gasteiger charge is -2.31. The fourth-order valence-corrected chi connectivity index (χ4v) is 7.20. The third-order valence-corrected chi connectivity index (χ3v) is 9.32. The SMILES string of the molecule is CCOC(=O)C1=C(CP(=O)(c2ccccc2)c2ccccc2)Nc2ncnn2[C@@H]1c1ccc(C)cc1. The Bertz CT molecular complexity index is 1400. The summed E-state index contributed by atoms with van der Waals surface area (Å²) in [6.45, 7) is 4.00. The maximum Gasteiger partial charge on any atom is 0.338 e. The molecule has 3 aromatic carbocycles. The topological polar surface area (TPSA) is 86.1 Å². The van der Waals surface area contributed by atoms with Crippen molar-refractivity contribution in [2.75, 3.05) is 18.1 Å². The fourth-order valence-electron chi connectivity index (χ4n) is 4.53. The average Bonchev–Trinajstić information content (AvgIpc) is 3.38. The molecule has 1 aliphatic heterocycles. The van der Waals surface area contributed by atoms with E-state index in [1.165, 1.54) is 6.33 Å². The highest BCUT2D eigenvalue weighted by Gasteiger charge is 2.39. The van der Waals surface area contributed by atoms with Crippen molar-refractivity contribution >= 4 is 29.7 Å². The first-order valence-corrected chi connectivity index (χ1v) is 13.7. The molecule has 7 nitrogen and oxygen atoms in total. The summed E-state index contributed by atoms with van der Waals surface area (Å²) in [4.78, 5) is 17.9. The van der Waals surface area contributed by atoms with Gasteiger partial charge < -0.3 is 14.6 Å². The molecule has 0 radical (unpaired) electrons. The van der Waals surface area contributed by atoms with Crippen LogP contribution >= 0.6 is 7.14 Å². The summed E-state index contributed by atoms with van der Waals surface area (Å²) in [6, 6.07) is 26.2. The van der Waals surface area contributed by atoms with E-state index in [1.54, 1.807) is 11.6 Å². The number of nitrogens with zero attached hydrogens (tertiary/aromatic N) is 3. The molecule has 0 saturated heterocycles. The molecule has 0 aliphatic carbocycles. The standard InChI is InChI=1S/C28H27N4O3P/c1-3-35-27(33)25-24(18-36(34,22-10-6-4-7-11-22)23-12-8-5-9-13-23)31-28-29-19-30-32(28)26(25)21-16-14-20(2)15-17-21/h4-17,19,26H,3,18H2,1-2H3,(H,29,30,31)/t26-/m1/s1. The zero-order valence-electron chi connectivity index (χ0n) is 20.2. The molecule has 0 spiro atoms.